The molecule has 1 aromatic carbocycles. The van der Waals surface area contributed by atoms with Crippen LogP contribution in [0.2, 0.25) is 5.02 Å². The lowest BCUT2D eigenvalue weighted by atomic mass is 10.2. The van der Waals surface area contributed by atoms with Gasteiger partial charge in [-0.1, -0.05) is 11.6 Å². The minimum absolute atomic E-state index is 0.138. The van der Waals surface area contributed by atoms with Crippen molar-refractivity contribution in [2.45, 2.75) is 11.1 Å². The van der Waals surface area contributed by atoms with E-state index in [0.29, 0.717) is 25.8 Å². The Balaban J connectivity index is 1.81. The van der Waals surface area contributed by atoms with Gasteiger partial charge in [-0.25, -0.2) is 18.2 Å². The third-order valence-corrected chi connectivity index (χ3v) is 5.20. The maximum atomic E-state index is 12.5. The first-order valence-corrected chi connectivity index (χ1v) is 8.85. The minimum atomic E-state index is -4.55. The Morgan fingerprint density at radius 3 is 2.68 bits per heavy atom. The largest absolute Gasteiger partial charge is 0.406 e. The van der Waals surface area contributed by atoms with Crippen LogP contribution in [0.1, 0.15) is 0 Å². The zero-order chi connectivity index (χ0) is 18.4. The van der Waals surface area contributed by atoms with Crippen molar-refractivity contribution in [1.82, 2.24) is 19.7 Å². The molecule has 1 aliphatic heterocycles. The molecule has 0 aliphatic carbocycles. The number of halogens is 4. The van der Waals surface area contributed by atoms with E-state index in [0.717, 1.165) is 0 Å². The van der Waals surface area contributed by atoms with E-state index in [1.54, 1.807) is 0 Å². The third-order valence-electron chi connectivity index (χ3n) is 3.59. The average molecular weight is 397 g/mol. The van der Waals surface area contributed by atoms with Gasteiger partial charge in [-0.15, -0.1) is 4.83 Å². The van der Waals surface area contributed by atoms with Gasteiger partial charge in [0.2, 0.25) is 0 Å². The number of carbonyl (C=O) groups excluding carboxylic acids is 1. The van der Waals surface area contributed by atoms with Crippen molar-refractivity contribution in [3.63, 3.8) is 0 Å². The van der Waals surface area contributed by atoms with Gasteiger partial charge < -0.3 is 9.88 Å². The van der Waals surface area contributed by atoms with Gasteiger partial charge in [0.15, 0.2) is 0 Å². The molecule has 1 saturated heterocycles. The minimum Gasteiger partial charge on any atom is -0.360 e. The lowest BCUT2D eigenvalue weighted by Gasteiger charge is -2.20. The van der Waals surface area contributed by atoms with Crippen LogP contribution >= 0.6 is 11.6 Å². The van der Waals surface area contributed by atoms with E-state index >= 15 is 0 Å². The van der Waals surface area contributed by atoms with E-state index in [9.17, 15) is 26.4 Å². The van der Waals surface area contributed by atoms with Crippen LogP contribution in [0.4, 0.5) is 18.0 Å². The van der Waals surface area contributed by atoms with Gasteiger partial charge in [-0.05, 0) is 18.2 Å². The van der Waals surface area contributed by atoms with Crippen LogP contribution in [0.15, 0.2) is 29.3 Å². The van der Waals surface area contributed by atoms with Crippen molar-refractivity contribution in [1.29, 1.82) is 0 Å². The summed E-state index contributed by atoms with van der Waals surface area (Å²) in [5.74, 6) is 0. The normalized spacial score (nSPS) is 16.2. The summed E-state index contributed by atoms with van der Waals surface area (Å²) in [6, 6.07) is 3.47. The lowest BCUT2D eigenvalue weighted by Crippen LogP contribution is -2.46. The molecule has 0 unspecified atom stereocenters. The summed E-state index contributed by atoms with van der Waals surface area (Å²) in [7, 11) is -4.17. The Hall–Kier alpha value is -1.98. The molecule has 0 atom stereocenters. The molecule has 7 nitrogen and oxygen atoms in total. The lowest BCUT2D eigenvalue weighted by molar-refractivity contribution is -0.138. The van der Waals surface area contributed by atoms with E-state index in [4.69, 9.17) is 11.6 Å². The fourth-order valence-corrected chi connectivity index (χ4v) is 3.93. The molecule has 0 bridgehead atoms. The molecule has 1 fully saturated rings. The van der Waals surface area contributed by atoms with Gasteiger partial charge in [-0.3, -0.25) is 0 Å². The fourth-order valence-electron chi connectivity index (χ4n) is 2.52. The summed E-state index contributed by atoms with van der Waals surface area (Å²) in [4.78, 5) is 17.1. The van der Waals surface area contributed by atoms with Crippen LogP contribution in [0.3, 0.4) is 0 Å². The SMILES string of the molecule is O=C1N(CC(F)(F)F)CCN1NS(=O)(=O)c1c[nH]c2cc(Cl)ccc12. The molecule has 0 radical (unpaired) electrons. The number of benzene rings is 1. The molecular weight excluding hydrogens is 385 g/mol. The van der Waals surface area contributed by atoms with E-state index < -0.39 is 28.8 Å². The molecular formula is C13H12ClF3N4O3S. The summed E-state index contributed by atoms with van der Waals surface area (Å²) in [6.45, 7) is -1.86. The number of alkyl halides is 3. The summed E-state index contributed by atoms with van der Waals surface area (Å²) < 4.78 is 62.2. The van der Waals surface area contributed by atoms with Crippen molar-refractivity contribution in [3.8, 4) is 0 Å². The maximum Gasteiger partial charge on any atom is 0.406 e. The van der Waals surface area contributed by atoms with Gasteiger partial charge in [0, 0.05) is 28.7 Å². The first kappa shape index (κ1) is 17.8. The van der Waals surface area contributed by atoms with Gasteiger partial charge in [0.05, 0.1) is 6.54 Å². The van der Waals surface area contributed by atoms with Gasteiger partial charge in [0.25, 0.3) is 10.0 Å². The number of rotatable bonds is 4. The number of urea groups is 1. The predicted molar refractivity (Wildman–Crippen MR) is 83.4 cm³/mol. The highest BCUT2D eigenvalue weighted by molar-refractivity contribution is 7.89. The van der Waals surface area contributed by atoms with E-state index in [1.165, 1.54) is 24.4 Å². The van der Waals surface area contributed by atoms with Crippen molar-refractivity contribution in [2.75, 3.05) is 19.6 Å². The second-order valence-corrected chi connectivity index (χ2v) is 7.47. The Morgan fingerprint density at radius 1 is 1.28 bits per heavy atom. The number of amides is 2. The Morgan fingerprint density at radius 2 is 2.00 bits per heavy atom. The number of sulfonamides is 1. The van der Waals surface area contributed by atoms with Crippen LogP contribution in [-0.4, -0.2) is 55.2 Å². The number of aromatic nitrogens is 1. The molecule has 0 saturated carbocycles. The summed E-state index contributed by atoms with van der Waals surface area (Å²) in [5.41, 5.74) is 0.472. The highest BCUT2D eigenvalue weighted by atomic mass is 35.5. The van der Waals surface area contributed by atoms with Crippen molar-refractivity contribution < 1.29 is 26.4 Å². The zero-order valence-corrected chi connectivity index (χ0v) is 14.0. The van der Waals surface area contributed by atoms with Gasteiger partial charge >= 0.3 is 12.2 Å². The molecule has 25 heavy (non-hydrogen) atoms. The Bertz CT molecular complexity index is 928. The van der Waals surface area contributed by atoms with Crippen molar-refractivity contribution >= 4 is 38.6 Å². The summed E-state index contributed by atoms with van der Waals surface area (Å²) in [5, 5.41) is 1.40. The molecule has 1 aromatic heterocycles. The maximum absolute atomic E-state index is 12.5. The average Bonchev–Trinajstić information content (AvgIpc) is 3.04. The standard InChI is InChI=1S/C13H12ClF3N4O3S/c14-8-1-2-9-10(5-8)18-6-11(9)25(23,24)19-21-4-3-20(12(21)22)7-13(15,16)17/h1-2,5-6,18-19H,3-4,7H2. The number of nitrogens with zero attached hydrogens (tertiary/aromatic N) is 2. The molecule has 0 spiro atoms. The highest BCUT2D eigenvalue weighted by Crippen LogP contribution is 2.26. The Kier molecular flexibility index (Phi) is 4.33. The summed E-state index contributed by atoms with van der Waals surface area (Å²) >= 11 is 5.83. The number of hydrazine groups is 1. The topological polar surface area (TPSA) is 85.5 Å². The first-order valence-electron chi connectivity index (χ1n) is 6.99. The highest BCUT2D eigenvalue weighted by Gasteiger charge is 2.39. The second kappa shape index (κ2) is 6.07. The number of hydrogen-bond acceptors (Lipinski definition) is 3. The van der Waals surface area contributed by atoms with E-state index in [-0.39, 0.29) is 18.0 Å². The molecule has 3 rings (SSSR count). The zero-order valence-electron chi connectivity index (χ0n) is 12.5. The third kappa shape index (κ3) is 3.67. The molecule has 2 aromatic rings. The number of aromatic amines is 1. The predicted octanol–water partition coefficient (Wildman–Crippen LogP) is 2.31. The molecule has 2 N–H and O–H groups in total. The molecule has 2 heterocycles. The van der Waals surface area contributed by atoms with Crippen LogP contribution in [-0.2, 0) is 10.0 Å². The van der Waals surface area contributed by atoms with Crippen molar-refractivity contribution in [3.05, 3.63) is 29.4 Å². The summed E-state index contributed by atoms with van der Waals surface area (Å²) in [6.07, 6.45) is -3.34. The second-order valence-electron chi connectivity index (χ2n) is 5.41. The molecule has 1 aliphatic rings. The van der Waals surface area contributed by atoms with Crippen LogP contribution in [0, 0.1) is 0 Å². The molecule has 12 heteroatoms. The monoisotopic (exact) mass is 396 g/mol. The number of H-pyrrole nitrogens is 1. The molecule has 136 valence electrons. The number of fused-ring (bicyclic) bond motifs is 1. The van der Waals surface area contributed by atoms with E-state index in [1.807, 2.05) is 4.83 Å². The molecule has 2 amide bonds. The van der Waals surface area contributed by atoms with Crippen LogP contribution < -0.4 is 4.83 Å². The number of nitrogens with one attached hydrogen (secondary N) is 2. The first-order chi connectivity index (χ1) is 11.6. The Labute approximate surface area is 145 Å². The van der Waals surface area contributed by atoms with Crippen LogP contribution in [0.25, 0.3) is 10.9 Å². The van der Waals surface area contributed by atoms with E-state index in [2.05, 4.69) is 4.98 Å². The van der Waals surface area contributed by atoms with Crippen molar-refractivity contribution in [2.24, 2.45) is 0 Å². The van der Waals surface area contributed by atoms with Crippen LogP contribution in [0.5, 0.6) is 0 Å². The quantitative estimate of drug-likeness (QED) is 0.831. The number of carbonyl (C=O) groups is 1. The fraction of sp³-hybridized carbons (Fsp3) is 0.308. The van der Waals surface area contributed by atoms with Gasteiger partial charge in [0.1, 0.15) is 11.4 Å². The number of hydrogen-bond donors (Lipinski definition) is 2. The van der Waals surface area contributed by atoms with Gasteiger partial charge in [-0.2, -0.15) is 13.2 Å². The smallest absolute Gasteiger partial charge is 0.360 e.